The molecule has 1 saturated heterocycles. The van der Waals surface area contributed by atoms with Crippen molar-refractivity contribution in [3.8, 4) is 0 Å². The van der Waals surface area contributed by atoms with Crippen LogP contribution in [0.15, 0.2) is 36.7 Å². The molecule has 0 bridgehead atoms. The van der Waals surface area contributed by atoms with Crippen LogP contribution in [0.3, 0.4) is 0 Å². The Balaban J connectivity index is 1.73. The van der Waals surface area contributed by atoms with E-state index in [0.717, 1.165) is 24.6 Å². The van der Waals surface area contributed by atoms with Crippen LogP contribution >= 0.6 is 0 Å². The molecule has 0 saturated carbocycles. The highest BCUT2D eigenvalue weighted by atomic mass is 15.2. The second-order valence-electron chi connectivity index (χ2n) is 6.18. The van der Waals surface area contributed by atoms with Crippen LogP contribution in [0.5, 0.6) is 0 Å². The van der Waals surface area contributed by atoms with Gasteiger partial charge in [0, 0.05) is 32.7 Å². The third kappa shape index (κ3) is 4.06. The highest BCUT2D eigenvalue weighted by Crippen LogP contribution is 2.19. The Kier molecular flexibility index (Phi) is 5.20. The topological polar surface area (TPSA) is 58.3 Å². The smallest absolute Gasteiger partial charge is 0.132 e. The summed E-state index contributed by atoms with van der Waals surface area (Å²) in [6, 6.07) is 10.7. The van der Waals surface area contributed by atoms with Gasteiger partial charge in [-0.3, -0.25) is 4.90 Å². The number of hydrogen-bond acceptors (Lipinski definition) is 5. The number of rotatable bonds is 6. The van der Waals surface area contributed by atoms with E-state index in [4.69, 9.17) is 5.73 Å². The molecule has 0 unspecified atom stereocenters. The lowest BCUT2D eigenvalue weighted by atomic mass is 10.1. The molecule has 2 aromatic rings. The second-order valence-corrected chi connectivity index (χ2v) is 6.18. The molecule has 23 heavy (non-hydrogen) atoms. The summed E-state index contributed by atoms with van der Waals surface area (Å²) in [4.78, 5) is 13.2. The van der Waals surface area contributed by atoms with Gasteiger partial charge in [0.2, 0.25) is 0 Å². The second kappa shape index (κ2) is 7.53. The van der Waals surface area contributed by atoms with E-state index in [1.807, 2.05) is 6.07 Å². The van der Waals surface area contributed by atoms with Crippen LogP contribution in [0.2, 0.25) is 0 Å². The Morgan fingerprint density at radius 1 is 1.13 bits per heavy atom. The predicted molar refractivity (Wildman–Crippen MR) is 93.0 cm³/mol. The fourth-order valence-electron chi connectivity index (χ4n) is 3.09. The van der Waals surface area contributed by atoms with E-state index >= 15 is 0 Å². The van der Waals surface area contributed by atoms with E-state index in [1.54, 1.807) is 6.33 Å². The summed E-state index contributed by atoms with van der Waals surface area (Å²) in [5, 5.41) is 0. The lowest BCUT2D eigenvalue weighted by Gasteiger charge is -2.22. The van der Waals surface area contributed by atoms with Gasteiger partial charge in [0.1, 0.15) is 12.1 Å². The molecule has 3 rings (SSSR count). The predicted octanol–water partition coefficient (Wildman–Crippen LogP) is 2.17. The van der Waals surface area contributed by atoms with E-state index in [9.17, 15) is 0 Å². The molecule has 122 valence electrons. The van der Waals surface area contributed by atoms with Crippen molar-refractivity contribution in [1.29, 1.82) is 0 Å². The van der Waals surface area contributed by atoms with Crippen molar-refractivity contribution in [3.63, 3.8) is 0 Å². The van der Waals surface area contributed by atoms with E-state index in [0.29, 0.717) is 6.54 Å². The first-order valence-corrected chi connectivity index (χ1v) is 8.27. The van der Waals surface area contributed by atoms with Crippen molar-refractivity contribution < 1.29 is 0 Å². The van der Waals surface area contributed by atoms with Crippen LogP contribution in [0.1, 0.15) is 29.7 Å². The van der Waals surface area contributed by atoms with Gasteiger partial charge in [0.05, 0.1) is 5.69 Å². The molecule has 1 aromatic heterocycles. The van der Waals surface area contributed by atoms with Crippen LogP contribution in [-0.4, -0.2) is 35.0 Å². The molecule has 2 N–H and O–H groups in total. The zero-order valence-electron chi connectivity index (χ0n) is 13.8. The Morgan fingerprint density at radius 3 is 2.61 bits per heavy atom. The third-order valence-electron chi connectivity index (χ3n) is 4.43. The summed E-state index contributed by atoms with van der Waals surface area (Å²) < 4.78 is 0. The van der Waals surface area contributed by atoms with Crippen molar-refractivity contribution in [3.05, 3.63) is 53.5 Å². The molecular formula is C18H25N5. The normalized spacial score (nSPS) is 15.0. The molecule has 1 aliphatic rings. The summed E-state index contributed by atoms with van der Waals surface area (Å²) in [5.74, 6) is 0.913. The van der Waals surface area contributed by atoms with Gasteiger partial charge in [-0.25, -0.2) is 9.97 Å². The Hall–Kier alpha value is -1.98. The highest BCUT2D eigenvalue weighted by molar-refractivity contribution is 5.40. The van der Waals surface area contributed by atoms with Gasteiger partial charge in [-0.05, 0) is 37.1 Å². The monoisotopic (exact) mass is 311 g/mol. The Morgan fingerprint density at radius 2 is 1.87 bits per heavy atom. The number of aromatic nitrogens is 2. The van der Waals surface area contributed by atoms with Crippen molar-refractivity contribution in [1.82, 2.24) is 14.9 Å². The maximum Gasteiger partial charge on any atom is 0.132 e. The van der Waals surface area contributed by atoms with Crippen LogP contribution in [-0.2, 0) is 19.6 Å². The Labute approximate surface area is 138 Å². The summed E-state index contributed by atoms with van der Waals surface area (Å²) in [6.07, 6.45) is 4.24. The van der Waals surface area contributed by atoms with Gasteiger partial charge >= 0.3 is 0 Å². The zero-order chi connectivity index (χ0) is 16.1. The number of nitrogens with two attached hydrogens (primary N) is 1. The van der Waals surface area contributed by atoms with Crippen molar-refractivity contribution in [2.75, 3.05) is 25.0 Å². The quantitative estimate of drug-likeness (QED) is 0.886. The minimum absolute atomic E-state index is 0.439. The van der Waals surface area contributed by atoms with Gasteiger partial charge < -0.3 is 10.6 Å². The number of likely N-dealkylation sites (tertiary alicyclic amines) is 1. The molecule has 1 aliphatic heterocycles. The molecule has 0 aliphatic carbocycles. The molecule has 0 spiro atoms. The minimum Gasteiger partial charge on any atom is -0.355 e. The van der Waals surface area contributed by atoms with E-state index in [2.05, 4.69) is 51.1 Å². The number of anilines is 1. The first-order chi connectivity index (χ1) is 11.3. The van der Waals surface area contributed by atoms with Crippen molar-refractivity contribution in [2.24, 2.45) is 5.73 Å². The first-order valence-electron chi connectivity index (χ1n) is 8.27. The van der Waals surface area contributed by atoms with Gasteiger partial charge in [-0.2, -0.15) is 0 Å². The van der Waals surface area contributed by atoms with Crippen LogP contribution in [0.4, 0.5) is 5.82 Å². The maximum absolute atomic E-state index is 5.67. The molecule has 0 radical (unpaired) electrons. The van der Waals surface area contributed by atoms with Crippen molar-refractivity contribution >= 4 is 5.82 Å². The summed E-state index contributed by atoms with van der Waals surface area (Å²) in [6.45, 7) is 4.76. The lowest BCUT2D eigenvalue weighted by Crippen LogP contribution is -2.22. The summed E-state index contributed by atoms with van der Waals surface area (Å²) in [5.41, 5.74) is 9.31. The largest absolute Gasteiger partial charge is 0.355 e. The van der Waals surface area contributed by atoms with E-state index in [-0.39, 0.29) is 0 Å². The molecule has 5 nitrogen and oxygen atoms in total. The average Bonchev–Trinajstić information content (AvgIpc) is 3.09. The zero-order valence-corrected chi connectivity index (χ0v) is 13.8. The molecule has 1 fully saturated rings. The van der Waals surface area contributed by atoms with Crippen LogP contribution in [0, 0.1) is 0 Å². The molecule has 0 atom stereocenters. The fraction of sp³-hybridized carbons (Fsp3) is 0.444. The third-order valence-corrected chi connectivity index (χ3v) is 4.43. The lowest BCUT2D eigenvalue weighted by molar-refractivity contribution is 0.330. The number of benzene rings is 1. The van der Waals surface area contributed by atoms with E-state index < -0.39 is 0 Å². The van der Waals surface area contributed by atoms with Gasteiger partial charge in [-0.15, -0.1) is 0 Å². The maximum atomic E-state index is 5.67. The number of hydrogen-bond donors (Lipinski definition) is 1. The van der Waals surface area contributed by atoms with Crippen molar-refractivity contribution in [2.45, 2.75) is 32.5 Å². The SMILES string of the molecule is CN(Cc1ccccc1CN1CCCC1)c1cc(CN)ncn1. The fourth-order valence-corrected chi connectivity index (χ4v) is 3.09. The molecule has 5 heteroatoms. The highest BCUT2D eigenvalue weighted by Gasteiger charge is 2.14. The first kappa shape index (κ1) is 15.9. The minimum atomic E-state index is 0.439. The van der Waals surface area contributed by atoms with Gasteiger partial charge in [0.25, 0.3) is 0 Å². The molecule has 1 aromatic carbocycles. The molecular weight excluding hydrogens is 286 g/mol. The summed E-state index contributed by atoms with van der Waals surface area (Å²) >= 11 is 0. The summed E-state index contributed by atoms with van der Waals surface area (Å²) in [7, 11) is 2.06. The standard InChI is InChI=1S/C18H25N5/c1-22(18-10-17(11-19)20-14-21-18)12-15-6-2-3-7-16(15)13-23-8-4-5-9-23/h2-3,6-7,10,14H,4-5,8-9,11-13,19H2,1H3. The average molecular weight is 311 g/mol. The van der Waals surface area contributed by atoms with Crippen LogP contribution in [0.25, 0.3) is 0 Å². The van der Waals surface area contributed by atoms with Gasteiger partial charge in [0.15, 0.2) is 0 Å². The van der Waals surface area contributed by atoms with Crippen LogP contribution < -0.4 is 10.6 Å². The number of nitrogens with zero attached hydrogens (tertiary/aromatic N) is 4. The van der Waals surface area contributed by atoms with Gasteiger partial charge in [-0.1, -0.05) is 24.3 Å². The molecule has 2 heterocycles. The van der Waals surface area contributed by atoms with E-state index in [1.165, 1.54) is 37.1 Å². The molecule has 0 amide bonds. The Bertz CT molecular complexity index is 637.